The summed E-state index contributed by atoms with van der Waals surface area (Å²) >= 11 is 0. The third-order valence-corrected chi connectivity index (χ3v) is 5.55. The van der Waals surface area contributed by atoms with E-state index < -0.39 is 5.91 Å². The monoisotopic (exact) mass is 436 g/mol. The van der Waals surface area contributed by atoms with Gasteiger partial charge in [-0.2, -0.15) is 0 Å². The Bertz CT molecular complexity index is 908. The van der Waals surface area contributed by atoms with Gasteiger partial charge < -0.3 is 21.7 Å². The molecule has 0 bridgehead atoms. The van der Waals surface area contributed by atoms with E-state index in [1.54, 1.807) is 19.2 Å². The number of carbonyl (C=O) groups excluding carboxylic acids is 2. The molecule has 8 nitrogen and oxygen atoms in total. The first-order valence-corrected chi connectivity index (χ1v) is 11.0. The molecule has 32 heavy (non-hydrogen) atoms. The first-order chi connectivity index (χ1) is 15.6. The zero-order valence-electron chi connectivity index (χ0n) is 18.5. The number of amides is 2. The number of nitrogens with two attached hydrogens (primary N) is 1. The molecular formula is C24H32N6O2. The lowest BCUT2D eigenvalue weighted by atomic mass is 10.1. The van der Waals surface area contributed by atoms with Crippen LogP contribution in [0.15, 0.2) is 59.6 Å². The molecule has 5 N–H and O–H groups in total. The lowest BCUT2D eigenvalue weighted by molar-refractivity contribution is -0.117. The summed E-state index contributed by atoms with van der Waals surface area (Å²) in [5, 5.41) is 9.27. The number of hydrogen-bond donors (Lipinski definition) is 4. The number of likely N-dealkylation sites (tertiary alicyclic amines) is 1. The van der Waals surface area contributed by atoms with Crippen LogP contribution in [0, 0.1) is 0 Å². The zero-order valence-corrected chi connectivity index (χ0v) is 18.5. The minimum absolute atomic E-state index is 0.175. The average Bonchev–Trinajstić information content (AvgIpc) is 3.35. The van der Waals surface area contributed by atoms with Gasteiger partial charge in [-0.3, -0.25) is 19.5 Å². The third kappa shape index (κ3) is 6.81. The second kappa shape index (κ2) is 11.9. The highest BCUT2D eigenvalue weighted by atomic mass is 16.2. The number of benzene rings is 2. The van der Waals surface area contributed by atoms with Crippen molar-refractivity contribution in [2.24, 2.45) is 10.7 Å². The Hall–Kier alpha value is -3.39. The summed E-state index contributed by atoms with van der Waals surface area (Å²) in [5.41, 5.74) is 7.85. The summed E-state index contributed by atoms with van der Waals surface area (Å²) in [4.78, 5) is 29.7. The molecule has 3 rings (SSSR count). The van der Waals surface area contributed by atoms with Crippen LogP contribution in [0.3, 0.4) is 0 Å². The summed E-state index contributed by atoms with van der Waals surface area (Å²) < 4.78 is 0. The van der Waals surface area contributed by atoms with Crippen LogP contribution >= 0.6 is 0 Å². The predicted octanol–water partition coefficient (Wildman–Crippen LogP) is 1.40. The maximum absolute atomic E-state index is 12.0. The second-order valence-electron chi connectivity index (χ2n) is 7.82. The van der Waals surface area contributed by atoms with Crippen LogP contribution < -0.4 is 21.7 Å². The molecule has 170 valence electrons. The maximum Gasteiger partial charge on any atom is 0.251 e. The van der Waals surface area contributed by atoms with Crippen molar-refractivity contribution in [2.75, 3.05) is 33.2 Å². The second-order valence-corrected chi connectivity index (χ2v) is 7.82. The van der Waals surface area contributed by atoms with Gasteiger partial charge in [0.1, 0.15) is 0 Å². The average molecular weight is 437 g/mol. The van der Waals surface area contributed by atoms with Gasteiger partial charge in [0, 0.05) is 25.7 Å². The number of nitrogens with zero attached hydrogens (tertiary/aromatic N) is 2. The number of primary amides is 1. The molecule has 2 amide bonds. The number of aliphatic imine (C=N–C) groups is 1. The number of carbonyl (C=O) groups is 2. The number of guanidine groups is 1. The molecule has 1 saturated heterocycles. The van der Waals surface area contributed by atoms with Gasteiger partial charge in [0.2, 0.25) is 5.91 Å². The molecule has 2 aromatic carbocycles. The fourth-order valence-electron chi connectivity index (χ4n) is 3.83. The van der Waals surface area contributed by atoms with E-state index in [0.29, 0.717) is 18.2 Å². The molecule has 0 saturated carbocycles. The summed E-state index contributed by atoms with van der Waals surface area (Å²) in [5.74, 6) is -0.166. The van der Waals surface area contributed by atoms with Gasteiger partial charge in [0.15, 0.2) is 5.96 Å². The molecule has 0 radical (unpaired) electrons. The van der Waals surface area contributed by atoms with E-state index in [1.165, 1.54) is 18.4 Å². The van der Waals surface area contributed by atoms with Crippen molar-refractivity contribution in [3.63, 3.8) is 0 Å². The SMILES string of the molecule is CN=C(NCc1ccc(C(=O)NCC(N)=O)cc1)NCC(c1ccccc1)N1CCCC1. The standard InChI is InChI=1S/C24H32N6O2/c1-26-24(28-15-18-9-11-20(12-10-18)23(32)27-17-22(25)31)29-16-21(30-13-5-6-14-30)19-7-3-2-4-8-19/h2-4,7-12,21H,5-6,13-17H2,1H3,(H2,25,31)(H,27,32)(H2,26,28,29). The largest absolute Gasteiger partial charge is 0.368 e. The highest BCUT2D eigenvalue weighted by molar-refractivity contribution is 5.96. The molecular weight excluding hydrogens is 404 g/mol. The van der Waals surface area contributed by atoms with Crippen molar-refractivity contribution in [2.45, 2.75) is 25.4 Å². The van der Waals surface area contributed by atoms with Gasteiger partial charge >= 0.3 is 0 Å². The van der Waals surface area contributed by atoms with Gasteiger partial charge in [-0.1, -0.05) is 42.5 Å². The highest BCUT2D eigenvalue weighted by Gasteiger charge is 2.23. The smallest absolute Gasteiger partial charge is 0.251 e. The van der Waals surface area contributed by atoms with Gasteiger partial charge in [-0.05, 0) is 49.2 Å². The molecule has 1 aliphatic rings. The van der Waals surface area contributed by atoms with Crippen molar-refractivity contribution in [1.82, 2.24) is 20.9 Å². The van der Waals surface area contributed by atoms with Crippen molar-refractivity contribution >= 4 is 17.8 Å². The van der Waals surface area contributed by atoms with Gasteiger partial charge in [0.25, 0.3) is 5.91 Å². The van der Waals surface area contributed by atoms with Crippen LogP contribution in [0.25, 0.3) is 0 Å². The Labute approximate surface area is 189 Å². The molecule has 1 atom stereocenters. The first kappa shape index (κ1) is 23.3. The fraction of sp³-hybridized carbons (Fsp3) is 0.375. The maximum atomic E-state index is 12.0. The Morgan fingerprint density at radius 2 is 1.69 bits per heavy atom. The Morgan fingerprint density at radius 3 is 2.31 bits per heavy atom. The fourth-order valence-corrected chi connectivity index (χ4v) is 3.83. The number of nitrogens with one attached hydrogen (secondary N) is 3. The van der Waals surface area contributed by atoms with Crippen LogP contribution in [0.4, 0.5) is 0 Å². The zero-order chi connectivity index (χ0) is 22.8. The summed E-state index contributed by atoms with van der Waals surface area (Å²) in [6.07, 6.45) is 2.49. The molecule has 1 heterocycles. The molecule has 0 aliphatic carbocycles. The minimum atomic E-state index is -0.572. The van der Waals surface area contributed by atoms with Crippen LogP contribution in [-0.2, 0) is 11.3 Å². The molecule has 1 fully saturated rings. The van der Waals surface area contributed by atoms with Crippen LogP contribution in [0.1, 0.15) is 40.4 Å². The van der Waals surface area contributed by atoms with Crippen molar-refractivity contribution < 1.29 is 9.59 Å². The van der Waals surface area contributed by atoms with Crippen LogP contribution in [0.5, 0.6) is 0 Å². The van der Waals surface area contributed by atoms with Crippen molar-refractivity contribution in [3.05, 3.63) is 71.3 Å². The van der Waals surface area contributed by atoms with Gasteiger partial charge in [0.05, 0.1) is 12.6 Å². The lowest BCUT2D eigenvalue weighted by Crippen LogP contribution is -2.42. The Balaban J connectivity index is 1.53. The molecule has 2 aromatic rings. The van der Waals surface area contributed by atoms with E-state index in [2.05, 4.69) is 50.1 Å². The Morgan fingerprint density at radius 1 is 1.00 bits per heavy atom. The van der Waals surface area contributed by atoms with Crippen LogP contribution in [-0.4, -0.2) is 55.9 Å². The predicted molar refractivity (Wildman–Crippen MR) is 126 cm³/mol. The van der Waals surface area contributed by atoms with Crippen molar-refractivity contribution in [3.8, 4) is 0 Å². The summed E-state index contributed by atoms with van der Waals surface area (Å²) in [6.45, 7) is 3.40. The lowest BCUT2D eigenvalue weighted by Gasteiger charge is -2.29. The summed E-state index contributed by atoms with van der Waals surface area (Å²) in [6, 6.07) is 18.1. The van der Waals surface area contributed by atoms with E-state index in [9.17, 15) is 9.59 Å². The molecule has 8 heteroatoms. The number of rotatable bonds is 9. The van der Waals surface area contributed by atoms with E-state index in [0.717, 1.165) is 31.2 Å². The summed E-state index contributed by atoms with van der Waals surface area (Å²) in [7, 11) is 1.76. The topological polar surface area (TPSA) is 112 Å². The van der Waals surface area contributed by atoms with Crippen molar-refractivity contribution in [1.29, 1.82) is 0 Å². The van der Waals surface area contributed by atoms with Gasteiger partial charge in [-0.15, -0.1) is 0 Å². The van der Waals surface area contributed by atoms with Gasteiger partial charge in [-0.25, -0.2) is 0 Å². The molecule has 1 aliphatic heterocycles. The van der Waals surface area contributed by atoms with E-state index >= 15 is 0 Å². The number of hydrogen-bond acceptors (Lipinski definition) is 4. The highest BCUT2D eigenvalue weighted by Crippen LogP contribution is 2.24. The first-order valence-electron chi connectivity index (χ1n) is 11.0. The van der Waals surface area contributed by atoms with E-state index in [1.807, 2.05) is 18.2 Å². The van der Waals surface area contributed by atoms with E-state index in [-0.39, 0.29) is 12.5 Å². The van der Waals surface area contributed by atoms with E-state index in [4.69, 9.17) is 5.73 Å². The molecule has 1 unspecified atom stereocenters. The molecule has 0 spiro atoms. The normalized spacial score (nSPS) is 15.2. The quantitative estimate of drug-likeness (QED) is 0.351. The molecule has 0 aromatic heterocycles. The van der Waals surface area contributed by atoms with Crippen LogP contribution in [0.2, 0.25) is 0 Å². The third-order valence-electron chi connectivity index (χ3n) is 5.55. The minimum Gasteiger partial charge on any atom is -0.368 e. The Kier molecular flexibility index (Phi) is 8.62.